The Morgan fingerprint density at radius 2 is 2.26 bits per heavy atom. The number of likely N-dealkylation sites (N-methyl/N-ethyl adjacent to an activating group) is 1. The molecule has 0 aromatic heterocycles. The Morgan fingerprint density at radius 3 is 2.89 bits per heavy atom. The smallest absolute Gasteiger partial charge is 0.170 e. The van der Waals surface area contributed by atoms with E-state index in [9.17, 15) is 4.39 Å². The van der Waals surface area contributed by atoms with Crippen LogP contribution in [0.2, 0.25) is 0 Å². The van der Waals surface area contributed by atoms with E-state index in [0.29, 0.717) is 25.3 Å². The molecular formula is C13H20FN3O2. The molecule has 0 bridgehead atoms. The maximum Gasteiger partial charge on any atom is 0.170 e. The summed E-state index contributed by atoms with van der Waals surface area (Å²) in [5.41, 5.74) is 6.76. The Bertz CT molecular complexity index is 438. The molecule has 19 heavy (non-hydrogen) atoms. The summed E-state index contributed by atoms with van der Waals surface area (Å²) in [6.45, 7) is 4.57. The number of nitrogens with zero attached hydrogens (tertiary/aromatic N) is 2. The van der Waals surface area contributed by atoms with Crippen molar-refractivity contribution in [2.24, 2.45) is 10.9 Å². The minimum Gasteiger partial charge on any atom is -0.409 e. The van der Waals surface area contributed by atoms with E-state index in [4.69, 9.17) is 15.7 Å². The Labute approximate surface area is 112 Å². The molecule has 0 aliphatic rings. The molecule has 3 N–H and O–H groups in total. The van der Waals surface area contributed by atoms with Gasteiger partial charge in [0.2, 0.25) is 0 Å². The largest absolute Gasteiger partial charge is 0.409 e. The molecule has 0 unspecified atom stereocenters. The molecule has 0 fully saturated rings. The van der Waals surface area contributed by atoms with Crippen LogP contribution in [0.4, 0.5) is 4.39 Å². The summed E-state index contributed by atoms with van der Waals surface area (Å²) in [5, 5.41) is 11.6. The number of nitrogens with two attached hydrogens (primary N) is 1. The molecule has 0 saturated carbocycles. The number of ether oxygens (including phenoxy) is 1. The van der Waals surface area contributed by atoms with E-state index >= 15 is 0 Å². The average Bonchev–Trinajstić information content (AvgIpc) is 2.40. The van der Waals surface area contributed by atoms with Crippen LogP contribution in [0.15, 0.2) is 23.4 Å². The van der Waals surface area contributed by atoms with Gasteiger partial charge in [-0.3, -0.25) is 4.90 Å². The molecule has 0 atom stereocenters. The fraction of sp³-hybridized carbons (Fsp3) is 0.462. The van der Waals surface area contributed by atoms with Crippen molar-refractivity contribution in [1.29, 1.82) is 0 Å². The first-order valence-corrected chi connectivity index (χ1v) is 6.11. The summed E-state index contributed by atoms with van der Waals surface area (Å²) in [4.78, 5) is 2.02. The zero-order chi connectivity index (χ0) is 14.3. The van der Waals surface area contributed by atoms with Crippen molar-refractivity contribution in [2.45, 2.75) is 13.5 Å². The molecule has 0 spiro atoms. The minimum atomic E-state index is -0.415. The first-order chi connectivity index (χ1) is 9.08. The second-order valence-electron chi connectivity index (χ2n) is 4.22. The van der Waals surface area contributed by atoms with Crippen molar-refractivity contribution in [3.05, 3.63) is 35.1 Å². The van der Waals surface area contributed by atoms with Gasteiger partial charge in [-0.15, -0.1) is 0 Å². The van der Waals surface area contributed by atoms with Gasteiger partial charge in [-0.25, -0.2) is 4.39 Å². The van der Waals surface area contributed by atoms with Crippen LogP contribution in [0.25, 0.3) is 0 Å². The molecule has 5 nitrogen and oxygen atoms in total. The van der Waals surface area contributed by atoms with Gasteiger partial charge in [0.1, 0.15) is 5.82 Å². The summed E-state index contributed by atoms with van der Waals surface area (Å²) >= 11 is 0. The summed E-state index contributed by atoms with van der Waals surface area (Å²) in [6, 6.07) is 4.26. The van der Waals surface area contributed by atoms with Crippen LogP contribution < -0.4 is 5.73 Å². The van der Waals surface area contributed by atoms with E-state index in [1.165, 1.54) is 12.1 Å². The molecular weight excluding hydrogens is 249 g/mol. The van der Waals surface area contributed by atoms with Crippen LogP contribution in [0.1, 0.15) is 18.1 Å². The summed E-state index contributed by atoms with van der Waals surface area (Å²) in [5.74, 6) is -0.505. The van der Waals surface area contributed by atoms with Crippen molar-refractivity contribution in [3.8, 4) is 0 Å². The second kappa shape index (κ2) is 7.70. The maximum atomic E-state index is 13.2. The van der Waals surface area contributed by atoms with Gasteiger partial charge < -0.3 is 15.7 Å². The zero-order valence-corrected chi connectivity index (χ0v) is 11.3. The lowest BCUT2D eigenvalue weighted by molar-refractivity contribution is 0.120. The van der Waals surface area contributed by atoms with Gasteiger partial charge in [0.25, 0.3) is 0 Å². The third-order valence-electron chi connectivity index (χ3n) is 2.72. The normalized spacial score (nSPS) is 12.1. The van der Waals surface area contributed by atoms with Gasteiger partial charge in [0.15, 0.2) is 5.84 Å². The van der Waals surface area contributed by atoms with Gasteiger partial charge in [0, 0.05) is 25.3 Å². The van der Waals surface area contributed by atoms with Crippen LogP contribution in [0.5, 0.6) is 0 Å². The lowest BCUT2D eigenvalue weighted by Gasteiger charge is -2.18. The lowest BCUT2D eigenvalue weighted by Crippen LogP contribution is -2.25. The summed E-state index contributed by atoms with van der Waals surface area (Å²) < 4.78 is 18.5. The molecule has 1 aromatic carbocycles. The van der Waals surface area contributed by atoms with Crippen molar-refractivity contribution >= 4 is 5.84 Å². The fourth-order valence-electron chi connectivity index (χ4n) is 1.71. The predicted octanol–water partition coefficient (Wildman–Crippen LogP) is 1.39. The maximum absolute atomic E-state index is 13.2. The highest BCUT2D eigenvalue weighted by Gasteiger charge is 2.10. The Hall–Kier alpha value is -1.66. The van der Waals surface area contributed by atoms with Gasteiger partial charge in [-0.2, -0.15) is 0 Å². The highest BCUT2D eigenvalue weighted by molar-refractivity contribution is 5.98. The Morgan fingerprint density at radius 1 is 1.53 bits per heavy atom. The van der Waals surface area contributed by atoms with Crippen LogP contribution in [0.3, 0.4) is 0 Å². The summed E-state index contributed by atoms with van der Waals surface area (Å²) in [7, 11) is 1.93. The molecule has 106 valence electrons. The van der Waals surface area contributed by atoms with Crippen molar-refractivity contribution in [2.75, 3.05) is 26.8 Å². The third kappa shape index (κ3) is 4.84. The Balaban J connectivity index is 2.77. The van der Waals surface area contributed by atoms with Crippen molar-refractivity contribution < 1.29 is 14.3 Å². The molecule has 0 aliphatic carbocycles. The number of oxime groups is 1. The highest BCUT2D eigenvalue weighted by atomic mass is 19.1. The van der Waals surface area contributed by atoms with Gasteiger partial charge in [-0.05, 0) is 31.7 Å². The van der Waals surface area contributed by atoms with Crippen LogP contribution in [0, 0.1) is 5.82 Å². The number of rotatable bonds is 7. The van der Waals surface area contributed by atoms with E-state index in [-0.39, 0.29) is 5.84 Å². The zero-order valence-electron chi connectivity index (χ0n) is 11.3. The molecule has 0 saturated heterocycles. The first-order valence-electron chi connectivity index (χ1n) is 6.11. The van der Waals surface area contributed by atoms with Crippen LogP contribution >= 0.6 is 0 Å². The van der Waals surface area contributed by atoms with Gasteiger partial charge >= 0.3 is 0 Å². The van der Waals surface area contributed by atoms with Gasteiger partial charge in [0.05, 0.1) is 6.61 Å². The van der Waals surface area contributed by atoms with E-state index in [0.717, 1.165) is 12.1 Å². The standard InChI is InChI=1S/C13H20FN3O2/c1-3-19-7-6-17(2)9-10-4-5-11(14)8-12(10)13(15)16-18/h4-5,8,18H,3,6-7,9H2,1-2H3,(H2,15,16). The average molecular weight is 269 g/mol. The van der Waals surface area contributed by atoms with Crippen LogP contribution in [-0.4, -0.2) is 42.7 Å². The van der Waals surface area contributed by atoms with Crippen molar-refractivity contribution in [3.63, 3.8) is 0 Å². The predicted molar refractivity (Wildman–Crippen MR) is 71.7 cm³/mol. The van der Waals surface area contributed by atoms with E-state index in [1.807, 2.05) is 18.9 Å². The highest BCUT2D eigenvalue weighted by Crippen LogP contribution is 2.13. The molecule has 0 amide bonds. The molecule has 0 heterocycles. The molecule has 1 rings (SSSR count). The lowest BCUT2D eigenvalue weighted by atomic mass is 10.1. The van der Waals surface area contributed by atoms with E-state index in [1.54, 1.807) is 6.07 Å². The van der Waals surface area contributed by atoms with Crippen LogP contribution in [-0.2, 0) is 11.3 Å². The number of halogens is 1. The van der Waals surface area contributed by atoms with Gasteiger partial charge in [-0.1, -0.05) is 11.2 Å². The van der Waals surface area contributed by atoms with E-state index < -0.39 is 5.82 Å². The first kappa shape index (κ1) is 15.4. The number of amidine groups is 1. The quantitative estimate of drug-likeness (QED) is 0.258. The summed E-state index contributed by atoms with van der Waals surface area (Å²) in [6.07, 6.45) is 0. The Kier molecular flexibility index (Phi) is 6.24. The molecule has 1 aromatic rings. The minimum absolute atomic E-state index is 0.0901. The third-order valence-corrected chi connectivity index (χ3v) is 2.72. The molecule has 6 heteroatoms. The monoisotopic (exact) mass is 269 g/mol. The van der Waals surface area contributed by atoms with E-state index in [2.05, 4.69) is 5.16 Å². The molecule has 0 radical (unpaired) electrons. The van der Waals surface area contributed by atoms with Crippen molar-refractivity contribution in [1.82, 2.24) is 4.90 Å². The number of hydrogen-bond donors (Lipinski definition) is 2. The topological polar surface area (TPSA) is 71.1 Å². The number of hydrogen-bond acceptors (Lipinski definition) is 4. The molecule has 0 aliphatic heterocycles. The SMILES string of the molecule is CCOCCN(C)Cc1ccc(F)cc1/C(N)=N/O. The second-order valence-corrected chi connectivity index (χ2v) is 4.22. The number of benzene rings is 1. The fourth-order valence-corrected chi connectivity index (χ4v) is 1.71.